The van der Waals surface area contributed by atoms with Gasteiger partial charge in [0, 0.05) is 13.1 Å². The van der Waals surface area contributed by atoms with Gasteiger partial charge in [0.05, 0.1) is 0 Å². The molecule has 26 heavy (non-hydrogen) atoms. The number of carboxylic acid groups (broad SMARTS) is 1. The Kier molecular flexibility index (Phi) is 5.49. The molecule has 0 fully saturated rings. The van der Waals surface area contributed by atoms with Crippen LogP contribution in [0, 0.1) is 0 Å². The van der Waals surface area contributed by atoms with Gasteiger partial charge in [-0.15, -0.1) is 0 Å². The molecule has 0 aliphatic heterocycles. The molecule has 0 spiro atoms. The van der Waals surface area contributed by atoms with Crippen molar-refractivity contribution >= 4 is 5.97 Å². The van der Waals surface area contributed by atoms with E-state index in [0.29, 0.717) is 13.1 Å². The SMILES string of the molecule is C[C@](C(=O)O)(c1ccccc1)N(Cc1ccccc1)Cc1ccccc1. The molecule has 3 nitrogen and oxygen atoms in total. The van der Waals surface area contributed by atoms with Crippen molar-refractivity contribution < 1.29 is 9.90 Å². The number of hydrogen-bond donors (Lipinski definition) is 1. The van der Waals surface area contributed by atoms with Crippen molar-refractivity contribution in [1.29, 1.82) is 0 Å². The van der Waals surface area contributed by atoms with Crippen LogP contribution in [0.2, 0.25) is 0 Å². The van der Waals surface area contributed by atoms with Crippen LogP contribution in [-0.2, 0) is 23.4 Å². The molecule has 0 saturated carbocycles. The molecule has 3 aromatic carbocycles. The summed E-state index contributed by atoms with van der Waals surface area (Å²) in [6.45, 7) is 2.89. The summed E-state index contributed by atoms with van der Waals surface area (Å²) in [6, 6.07) is 29.5. The highest BCUT2D eigenvalue weighted by Gasteiger charge is 2.41. The second-order valence-corrected chi connectivity index (χ2v) is 6.57. The molecular weight excluding hydrogens is 322 g/mol. The second kappa shape index (κ2) is 7.98. The maximum atomic E-state index is 12.4. The van der Waals surface area contributed by atoms with E-state index in [1.54, 1.807) is 6.92 Å². The lowest BCUT2D eigenvalue weighted by Crippen LogP contribution is -2.49. The van der Waals surface area contributed by atoms with Crippen LogP contribution in [-0.4, -0.2) is 16.0 Å². The lowest BCUT2D eigenvalue weighted by molar-refractivity contribution is -0.152. The second-order valence-electron chi connectivity index (χ2n) is 6.57. The number of rotatable bonds is 7. The van der Waals surface area contributed by atoms with Crippen molar-refractivity contribution in [1.82, 2.24) is 4.90 Å². The summed E-state index contributed by atoms with van der Waals surface area (Å²) < 4.78 is 0. The molecule has 0 radical (unpaired) electrons. The molecule has 0 amide bonds. The van der Waals surface area contributed by atoms with Crippen LogP contribution in [0.4, 0.5) is 0 Å². The van der Waals surface area contributed by atoms with E-state index in [2.05, 4.69) is 0 Å². The molecule has 0 aliphatic rings. The van der Waals surface area contributed by atoms with Crippen LogP contribution in [0.3, 0.4) is 0 Å². The van der Waals surface area contributed by atoms with Gasteiger partial charge in [0.2, 0.25) is 0 Å². The summed E-state index contributed by atoms with van der Waals surface area (Å²) in [5, 5.41) is 10.2. The third-order valence-corrected chi connectivity index (χ3v) is 4.82. The Morgan fingerprint density at radius 3 is 1.54 bits per heavy atom. The first-order chi connectivity index (χ1) is 12.6. The molecular formula is C23H23NO2. The first kappa shape index (κ1) is 17.9. The maximum absolute atomic E-state index is 12.4. The van der Waals surface area contributed by atoms with Gasteiger partial charge in [-0.05, 0) is 23.6 Å². The fourth-order valence-corrected chi connectivity index (χ4v) is 3.18. The van der Waals surface area contributed by atoms with Gasteiger partial charge in [-0.3, -0.25) is 4.90 Å². The fourth-order valence-electron chi connectivity index (χ4n) is 3.18. The molecule has 3 rings (SSSR count). The van der Waals surface area contributed by atoms with E-state index >= 15 is 0 Å². The Bertz CT molecular complexity index is 792. The van der Waals surface area contributed by atoms with E-state index < -0.39 is 11.5 Å². The number of carbonyl (C=O) groups is 1. The standard InChI is InChI=1S/C23H23NO2/c1-23(22(25)26,21-15-9-4-10-16-21)24(17-19-11-5-2-6-12-19)18-20-13-7-3-8-14-20/h2-16H,17-18H2,1H3,(H,25,26)/t23-/m1/s1. The van der Waals surface area contributed by atoms with Crippen molar-refractivity contribution in [3.63, 3.8) is 0 Å². The smallest absolute Gasteiger partial charge is 0.328 e. The summed E-state index contributed by atoms with van der Waals surface area (Å²) in [5.41, 5.74) is 1.82. The zero-order chi connectivity index (χ0) is 18.4. The first-order valence-electron chi connectivity index (χ1n) is 8.72. The highest BCUT2D eigenvalue weighted by atomic mass is 16.4. The molecule has 0 aromatic heterocycles. The van der Waals surface area contributed by atoms with Crippen LogP contribution < -0.4 is 0 Å². The molecule has 3 aromatic rings. The Labute approximate surface area is 154 Å². The number of benzene rings is 3. The summed E-state index contributed by atoms with van der Waals surface area (Å²) in [7, 11) is 0. The van der Waals surface area contributed by atoms with E-state index in [9.17, 15) is 9.90 Å². The first-order valence-corrected chi connectivity index (χ1v) is 8.72. The Morgan fingerprint density at radius 2 is 1.15 bits per heavy atom. The van der Waals surface area contributed by atoms with Gasteiger partial charge in [-0.1, -0.05) is 91.0 Å². The molecule has 132 valence electrons. The van der Waals surface area contributed by atoms with Crippen molar-refractivity contribution in [3.8, 4) is 0 Å². The lowest BCUT2D eigenvalue weighted by atomic mass is 9.89. The van der Waals surface area contributed by atoms with Gasteiger partial charge >= 0.3 is 5.97 Å². The van der Waals surface area contributed by atoms with Crippen LogP contribution in [0.1, 0.15) is 23.6 Å². The van der Waals surface area contributed by atoms with Crippen LogP contribution in [0.25, 0.3) is 0 Å². The van der Waals surface area contributed by atoms with Gasteiger partial charge in [-0.25, -0.2) is 4.79 Å². The summed E-state index contributed by atoms with van der Waals surface area (Å²) in [6.07, 6.45) is 0. The van der Waals surface area contributed by atoms with Crippen LogP contribution in [0.15, 0.2) is 91.0 Å². The maximum Gasteiger partial charge on any atom is 0.328 e. The van der Waals surface area contributed by atoms with E-state index in [1.165, 1.54) is 0 Å². The minimum Gasteiger partial charge on any atom is -0.480 e. The van der Waals surface area contributed by atoms with Gasteiger partial charge in [0.25, 0.3) is 0 Å². The highest BCUT2D eigenvalue weighted by Crippen LogP contribution is 2.32. The summed E-state index contributed by atoms with van der Waals surface area (Å²) in [4.78, 5) is 14.4. The molecule has 0 unspecified atom stereocenters. The third kappa shape index (κ3) is 3.84. The minimum absolute atomic E-state index is 0.549. The molecule has 0 aliphatic carbocycles. The molecule has 0 saturated heterocycles. The zero-order valence-electron chi connectivity index (χ0n) is 14.9. The minimum atomic E-state index is -1.13. The number of carboxylic acids is 1. The normalized spacial score (nSPS) is 13.3. The predicted octanol–water partition coefficient (Wildman–Crippen LogP) is 4.69. The van der Waals surface area contributed by atoms with Crippen molar-refractivity contribution in [2.75, 3.05) is 0 Å². The van der Waals surface area contributed by atoms with E-state index in [0.717, 1.165) is 16.7 Å². The van der Waals surface area contributed by atoms with Crippen molar-refractivity contribution in [3.05, 3.63) is 108 Å². The monoisotopic (exact) mass is 345 g/mol. The van der Waals surface area contributed by atoms with E-state index in [4.69, 9.17) is 0 Å². The van der Waals surface area contributed by atoms with Gasteiger partial charge < -0.3 is 5.11 Å². The highest BCUT2D eigenvalue weighted by molar-refractivity contribution is 5.80. The summed E-state index contributed by atoms with van der Waals surface area (Å²) >= 11 is 0. The average Bonchev–Trinajstić information content (AvgIpc) is 2.69. The quantitative estimate of drug-likeness (QED) is 0.675. The molecule has 1 atom stereocenters. The third-order valence-electron chi connectivity index (χ3n) is 4.82. The summed E-state index contributed by atoms with van der Waals surface area (Å²) in [5.74, 6) is -0.851. The number of nitrogens with zero attached hydrogens (tertiary/aromatic N) is 1. The largest absolute Gasteiger partial charge is 0.480 e. The fraction of sp³-hybridized carbons (Fsp3) is 0.174. The van der Waals surface area contributed by atoms with Gasteiger partial charge in [0.1, 0.15) is 5.54 Å². The van der Waals surface area contributed by atoms with Gasteiger partial charge in [-0.2, -0.15) is 0 Å². The predicted molar refractivity (Wildman–Crippen MR) is 104 cm³/mol. The van der Waals surface area contributed by atoms with E-state index in [1.807, 2.05) is 95.9 Å². The van der Waals surface area contributed by atoms with E-state index in [-0.39, 0.29) is 0 Å². The zero-order valence-corrected chi connectivity index (χ0v) is 14.9. The van der Waals surface area contributed by atoms with Crippen molar-refractivity contribution in [2.24, 2.45) is 0 Å². The molecule has 0 heterocycles. The Hall–Kier alpha value is -2.91. The molecule has 3 heteroatoms. The van der Waals surface area contributed by atoms with Crippen molar-refractivity contribution in [2.45, 2.75) is 25.6 Å². The van der Waals surface area contributed by atoms with Gasteiger partial charge in [0.15, 0.2) is 0 Å². The molecule has 0 bridgehead atoms. The Balaban J connectivity index is 2.03. The molecule has 1 N–H and O–H groups in total. The van der Waals surface area contributed by atoms with Crippen LogP contribution in [0.5, 0.6) is 0 Å². The Morgan fingerprint density at radius 1 is 0.769 bits per heavy atom. The number of aliphatic carboxylic acids is 1. The average molecular weight is 345 g/mol. The topological polar surface area (TPSA) is 40.5 Å². The number of hydrogen-bond acceptors (Lipinski definition) is 2. The lowest BCUT2D eigenvalue weighted by Gasteiger charge is -2.38. The van der Waals surface area contributed by atoms with Crippen LogP contribution >= 0.6 is 0 Å².